The second-order valence-electron chi connectivity index (χ2n) is 7.66. The summed E-state index contributed by atoms with van der Waals surface area (Å²) in [6.45, 7) is 4.12. The Bertz CT molecular complexity index is 1030. The van der Waals surface area contributed by atoms with Crippen LogP contribution in [0, 0.1) is 40.8 Å². The normalized spacial score (nSPS) is 22.3. The zero-order valence-corrected chi connectivity index (χ0v) is 24.1. The van der Waals surface area contributed by atoms with Crippen LogP contribution in [-0.2, 0) is 9.47 Å². The molecule has 0 N–H and O–H groups in total. The van der Waals surface area contributed by atoms with Gasteiger partial charge in [0.25, 0.3) is 0 Å². The smallest absolute Gasteiger partial charge is 1.00 e. The van der Waals surface area contributed by atoms with Gasteiger partial charge in [-0.2, -0.15) is 0 Å². The predicted octanol–water partition coefficient (Wildman–Crippen LogP) is -4.09. The number of benzene rings is 2. The maximum atomic E-state index is 6.18. The number of pyridine rings is 1. The largest absolute Gasteiger partial charge is 3.00 e. The first-order valence-corrected chi connectivity index (χ1v) is 10.3. The second-order valence-corrected chi connectivity index (χ2v) is 7.66. The second kappa shape index (κ2) is 13.7. The van der Waals surface area contributed by atoms with Gasteiger partial charge in [-0.3, -0.25) is 0 Å². The Morgan fingerprint density at radius 1 is 0.559 bits per heavy atom. The van der Waals surface area contributed by atoms with Crippen LogP contribution in [0.3, 0.4) is 0 Å². The third-order valence-electron chi connectivity index (χ3n) is 5.44. The summed E-state index contributed by atoms with van der Waals surface area (Å²) < 4.78 is 12.4. The number of nitrogens with zero attached hydrogens (tertiary/aromatic N) is 3. The van der Waals surface area contributed by atoms with Crippen molar-refractivity contribution >= 4 is 11.8 Å². The van der Waals surface area contributed by atoms with E-state index in [1.807, 2.05) is 54.6 Å². The molecule has 34 heavy (non-hydrogen) atoms. The minimum Gasteiger partial charge on any atom is -1.00 e. The quantitative estimate of drug-likeness (QED) is 0.290. The summed E-state index contributed by atoms with van der Waals surface area (Å²) in [5, 5.41) is 0. The molecule has 5 rings (SSSR count). The van der Waals surface area contributed by atoms with E-state index >= 15 is 0 Å². The van der Waals surface area contributed by atoms with Gasteiger partial charge in [0.2, 0.25) is 11.8 Å². The van der Waals surface area contributed by atoms with Gasteiger partial charge in [-0.1, -0.05) is 66.7 Å². The van der Waals surface area contributed by atoms with Gasteiger partial charge in [-0.25, -0.2) is 15.0 Å². The third-order valence-corrected chi connectivity index (χ3v) is 5.44. The number of hydrogen-bond donors (Lipinski definition) is 0. The van der Waals surface area contributed by atoms with Gasteiger partial charge in [0.1, 0.15) is 23.6 Å². The van der Waals surface area contributed by atoms with Crippen molar-refractivity contribution in [2.24, 2.45) is 9.98 Å². The van der Waals surface area contributed by atoms with Crippen LogP contribution in [0.15, 0.2) is 88.8 Å². The Balaban J connectivity index is 0.00000144. The van der Waals surface area contributed by atoms with E-state index in [4.69, 9.17) is 24.4 Å². The van der Waals surface area contributed by atoms with Crippen LogP contribution < -0.4 is 37.2 Å². The van der Waals surface area contributed by atoms with Crippen molar-refractivity contribution in [2.75, 3.05) is 0 Å². The summed E-state index contributed by atoms with van der Waals surface area (Å²) in [6, 6.07) is 26.1. The van der Waals surface area contributed by atoms with Crippen LogP contribution >= 0.6 is 0 Å². The van der Waals surface area contributed by atoms with Gasteiger partial charge >= 0.3 is 40.8 Å². The summed E-state index contributed by atoms with van der Waals surface area (Å²) in [5.74, 6) is 1.12. The molecule has 3 aromatic rings. The van der Waals surface area contributed by atoms with Gasteiger partial charge in [0.15, 0.2) is 0 Å². The summed E-state index contributed by atoms with van der Waals surface area (Å²) in [5.41, 5.74) is 3.62. The summed E-state index contributed by atoms with van der Waals surface area (Å²) in [7, 11) is 0. The molecule has 4 unspecified atom stereocenters. The number of aliphatic imine (C=N–C) groups is 2. The number of hydrogen-bond acceptors (Lipinski definition) is 5. The molecule has 5 nitrogen and oxygen atoms in total. The molecule has 9 heteroatoms. The van der Waals surface area contributed by atoms with Gasteiger partial charge in [0.05, 0.1) is 12.1 Å². The van der Waals surface area contributed by atoms with E-state index in [1.165, 1.54) is 0 Å². The third kappa shape index (κ3) is 6.49. The molecule has 2 aromatic carbocycles. The maximum absolute atomic E-state index is 6.18. The topological polar surface area (TPSA) is 56.1 Å². The van der Waals surface area contributed by atoms with E-state index in [0.717, 1.165) is 11.1 Å². The summed E-state index contributed by atoms with van der Waals surface area (Å²) in [4.78, 5) is 14.2. The van der Waals surface area contributed by atoms with E-state index in [-0.39, 0.29) is 102 Å². The molecule has 0 spiro atoms. The van der Waals surface area contributed by atoms with E-state index in [0.29, 0.717) is 23.2 Å². The van der Waals surface area contributed by atoms with E-state index in [1.54, 1.807) is 0 Å². The van der Waals surface area contributed by atoms with Gasteiger partial charge in [0, 0.05) is 0 Å². The molecule has 0 fully saturated rings. The Morgan fingerprint density at radius 3 is 1.32 bits per heavy atom. The standard InChI is InChI=1S/C25H23N3O2.3ClH.Nd/c1-16-22(18-10-5-3-6-11-18)29-24(26-16)20-14-9-15-21(28-20)25-27-17(2)23(30-25)19-12-7-4-8-13-19;;;;/h3-17,22-23H,1-2H3;3*1H;/q;;;;+3/p-3. The van der Waals surface area contributed by atoms with Crippen LogP contribution in [0.1, 0.15) is 48.6 Å². The van der Waals surface area contributed by atoms with Crippen molar-refractivity contribution in [3.63, 3.8) is 0 Å². The van der Waals surface area contributed by atoms with E-state index < -0.39 is 0 Å². The average molecular weight is 648 g/mol. The van der Waals surface area contributed by atoms with Gasteiger partial charge < -0.3 is 46.7 Å². The zero-order chi connectivity index (χ0) is 20.5. The van der Waals surface area contributed by atoms with Crippen molar-refractivity contribution in [2.45, 2.75) is 38.1 Å². The van der Waals surface area contributed by atoms with E-state index in [9.17, 15) is 0 Å². The Labute approximate surface area is 251 Å². The molecule has 0 saturated carbocycles. The molecule has 2 aliphatic heterocycles. The van der Waals surface area contributed by atoms with Gasteiger partial charge in [-0.15, -0.1) is 0 Å². The fraction of sp³-hybridized carbons (Fsp3) is 0.240. The first kappa shape index (κ1) is 30.8. The predicted molar refractivity (Wildman–Crippen MR) is 117 cm³/mol. The van der Waals surface area contributed by atoms with Gasteiger partial charge in [-0.05, 0) is 37.1 Å². The maximum Gasteiger partial charge on any atom is 3.00 e. The molecule has 3 heterocycles. The fourth-order valence-corrected chi connectivity index (χ4v) is 3.91. The number of ether oxygens (including phenoxy) is 2. The molecular weight excluding hydrogens is 625 g/mol. The number of halogens is 3. The Kier molecular flexibility index (Phi) is 12.4. The first-order chi connectivity index (χ1) is 14.7. The van der Waals surface area contributed by atoms with Crippen LogP contribution in [0.25, 0.3) is 0 Å². The molecule has 2 aliphatic rings. The van der Waals surface area contributed by atoms with Crippen molar-refractivity contribution < 1.29 is 87.5 Å². The summed E-state index contributed by atoms with van der Waals surface area (Å²) in [6.07, 6.45) is -0.205. The molecule has 0 saturated heterocycles. The summed E-state index contributed by atoms with van der Waals surface area (Å²) >= 11 is 0. The molecule has 1 radical (unpaired) electrons. The molecule has 0 amide bonds. The Morgan fingerprint density at radius 2 is 0.941 bits per heavy atom. The molecule has 175 valence electrons. The average Bonchev–Trinajstić information content (AvgIpc) is 3.38. The zero-order valence-electron chi connectivity index (χ0n) is 18.6. The van der Waals surface area contributed by atoms with Crippen LogP contribution in [0.5, 0.6) is 0 Å². The van der Waals surface area contributed by atoms with Crippen molar-refractivity contribution in [3.05, 3.63) is 101 Å². The minimum absolute atomic E-state index is 0. The van der Waals surface area contributed by atoms with Crippen LogP contribution in [0.4, 0.5) is 0 Å². The number of rotatable bonds is 4. The molecule has 0 aliphatic carbocycles. The van der Waals surface area contributed by atoms with E-state index in [2.05, 4.69) is 38.1 Å². The van der Waals surface area contributed by atoms with Crippen molar-refractivity contribution in [1.82, 2.24) is 4.98 Å². The fourth-order valence-electron chi connectivity index (χ4n) is 3.91. The Hall–Kier alpha value is -1.25. The van der Waals surface area contributed by atoms with Crippen LogP contribution in [-0.4, -0.2) is 28.9 Å². The van der Waals surface area contributed by atoms with Crippen molar-refractivity contribution in [1.29, 1.82) is 0 Å². The first-order valence-electron chi connectivity index (χ1n) is 10.3. The minimum atomic E-state index is -0.103. The molecular formula is C25H23Cl3N3NdO2. The molecule has 4 atom stereocenters. The molecule has 0 bridgehead atoms. The monoisotopic (exact) mass is 644 g/mol. The van der Waals surface area contributed by atoms with Crippen molar-refractivity contribution in [3.8, 4) is 0 Å². The number of aromatic nitrogens is 1. The molecule has 1 aromatic heterocycles. The van der Waals surface area contributed by atoms with Crippen LogP contribution in [0.2, 0.25) is 0 Å². The SMILES string of the molecule is CC1N=C(c2cccc(C3=NC(C)C(c4ccccc4)O3)n2)OC1c1ccccc1.[Cl-].[Cl-].[Cl-].[Nd+3].